The smallest absolute Gasteiger partial charge is 0.224 e. The molecule has 1 N–H and O–H groups in total. The zero-order valence-corrected chi connectivity index (χ0v) is 15.8. The monoisotopic (exact) mass is 338 g/mol. The summed E-state index contributed by atoms with van der Waals surface area (Å²) in [5.41, 5.74) is 2.83. The number of hydrogen-bond acceptors (Lipinski definition) is 4. The Morgan fingerprint density at radius 3 is 2.28 bits per heavy atom. The van der Waals surface area contributed by atoms with E-state index in [-0.39, 0.29) is 28.7 Å². The van der Waals surface area contributed by atoms with Crippen molar-refractivity contribution in [2.75, 3.05) is 0 Å². The summed E-state index contributed by atoms with van der Waals surface area (Å²) in [6, 6.07) is 3.65. The van der Waals surface area contributed by atoms with Crippen molar-refractivity contribution in [3.8, 4) is 11.4 Å². The van der Waals surface area contributed by atoms with Crippen molar-refractivity contribution in [3.05, 3.63) is 42.0 Å². The minimum absolute atomic E-state index is 0.0353. The van der Waals surface area contributed by atoms with Crippen LogP contribution in [0.5, 0.6) is 0 Å². The minimum Gasteiger partial charge on any atom is -0.349 e. The highest BCUT2D eigenvalue weighted by molar-refractivity contribution is 5.84. The molecule has 2 aromatic rings. The second-order valence-electron chi connectivity index (χ2n) is 8.08. The first kappa shape index (κ1) is 17.5. The fourth-order valence-corrected chi connectivity index (χ4v) is 3.77. The number of hydrogen-bond donors (Lipinski definition) is 1. The highest BCUT2D eigenvalue weighted by Crippen LogP contribution is 2.68. The van der Waals surface area contributed by atoms with Crippen molar-refractivity contribution < 1.29 is 4.79 Å². The summed E-state index contributed by atoms with van der Waals surface area (Å²) in [7, 11) is 0. The van der Waals surface area contributed by atoms with Gasteiger partial charge in [-0.3, -0.25) is 9.78 Å². The van der Waals surface area contributed by atoms with Crippen molar-refractivity contribution in [3.63, 3.8) is 0 Å². The lowest BCUT2D eigenvalue weighted by Gasteiger charge is -2.17. The first-order valence-electron chi connectivity index (χ1n) is 8.70. The number of pyridine rings is 1. The van der Waals surface area contributed by atoms with Gasteiger partial charge in [-0.25, -0.2) is 9.97 Å². The Kier molecular flexibility index (Phi) is 4.13. The number of rotatable bonds is 4. The molecule has 1 fully saturated rings. The minimum atomic E-state index is -0.119. The Labute approximate surface area is 149 Å². The van der Waals surface area contributed by atoms with E-state index in [1.54, 1.807) is 12.4 Å². The van der Waals surface area contributed by atoms with Crippen LogP contribution in [-0.2, 0) is 4.79 Å². The number of carbonyl (C=O) groups excluding carboxylic acids is 1. The van der Waals surface area contributed by atoms with Crippen LogP contribution in [0.2, 0.25) is 0 Å². The van der Waals surface area contributed by atoms with Crippen molar-refractivity contribution in [2.24, 2.45) is 16.7 Å². The van der Waals surface area contributed by atoms with Crippen LogP contribution in [0.25, 0.3) is 11.4 Å². The van der Waals surface area contributed by atoms with Gasteiger partial charge in [-0.05, 0) is 36.8 Å². The molecule has 1 aliphatic carbocycles. The fraction of sp³-hybridized carbons (Fsp3) is 0.500. The van der Waals surface area contributed by atoms with Crippen molar-refractivity contribution in [2.45, 2.75) is 47.6 Å². The summed E-state index contributed by atoms with van der Waals surface area (Å²) >= 11 is 0. The number of aryl methyl sites for hydroxylation is 1. The summed E-state index contributed by atoms with van der Waals surface area (Å²) in [5.74, 6) is 0.825. The Morgan fingerprint density at radius 2 is 1.76 bits per heavy atom. The lowest BCUT2D eigenvalue weighted by molar-refractivity contribution is -0.124. The quantitative estimate of drug-likeness (QED) is 0.923. The zero-order valence-electron chi connectivity index (χ0n) is 15.8. The van der Waals surface area contributed by atoms with Crippen molar-refractivity contribution >= 4 is 5.91 Å². The van der Waals surface area contributed by atoms with Gasteiger partial charge in [0.1, 0.15) is 0 Å². The summed E-state index contributed by atoms with van der Waals surface area (Å²) in [5, 5.41) is 3.14. The van der Waals surface area contributed by atoms with E-state index in [1.165, 1.54) is 0 Å². The average molecular weight is 338 g/mol. The molecule has 0 saturated heterocycles. The number of amides is 1. The van der Waals surface area contributed by atoms with E-state index in [9.17, 15) is 4.79 Å². The number of carbonyl (C=O) groups is 1. The molecule has 0 bridgehead atoms. The van der Waals surface area contributed by atoms with Crippen LogP contribution in [-0.4, -0.2) is 20.9 Å². The van der Waals surface area contributed by atoms with Gasteiger partial charge in [0, 0.05) is 41.3 Å². The predicted molar refractivity (Wildman–Crippen MR) is 97.6 cm³/mol. The molecule has 132 valence electrons. The van der Waals surface area contributed by atoms with Gasteiger partial charge in [-0.1, -0.05) is 27.7 Å². The highest BCUT2D eigenvalue weighted by atomic mass is 16.2. The maximum atomic E-state index is 12.7. The van der Waals surface area contributed by atoms with Crippen LogP contribution in [0.4, 0.5) is 0 Å². The number of aromatic nitrogens is 3. The van der Waals surface area contributed by atoms with E-state index in [4.69, 9.17) is 0 Å². The summed E-state index contributed by atoms with van der Waals surface area (Å²) in [4.78, 5) is 25.7. The molecule has 0 aromatic carbocycles. The maximum absolute atomic E-state index is 12.7. The predicted octanol–water partition coefficient (Wildman–Crippen LogP) is 3.71. The molecule has 1 amide bonds. The third kappa shape index (κ3) is 2.92. The first-order chi connectivity index (χ1) is 11.7. The Morgan fingerprint density at radius 1 is 1.16 bits per heavy atom. The molecule has 1 aliphatic rings. The molecule has 0 aliphatic heterocycles. The molecule has 1 saturated carbocycles. The average Bonchev–Trinajstić information content (AvgIpc) is 2.97. The van der Waals surface area contributed by atoms with Crippen LogP contribution in [0.3, 0.4) is 0 Å². The molecule has 5 nitrogen and oxygen atoms in total. The molecule has 25 heavy (non-hydrogen) atoms. The molecule has 0 radical (unpaired) electrons. The van der Waals surface area contributed by atoms with Crippen molar-refractivity contribution in [1.82, 2.24) is 20.3 Å². The summed E-state index contributed by atoms with van der Waals surface area (Å²) in [6.45, 7) is 12.5. The molecular formula is C20H26N4O. The van der Waals surface area contributed by atoms with Crippen LogP contribution in [0, 0.1) is 23.7 Å². The standard InChI is InChI=1S/C20H26N4O/c1-12-15(11-22-17(23-12)14-7-9-21-10-8-14)13(2)24-18(25)16-19(3,4)20(16,5)6/h7-11,13,16H,1-6H3,(H,24,25). The second-order valence-corrected chi connectivity index (χ2v) is 8.08. The van der Waals surface area contributed by atoms with Gasteiger partial charge >= 0.3 is 0 Å². The van der Waals surface area contributed by atoms with Crippen LogP contribution < -0.4 is 5.32 Å². The molecule has 2 aromatic heterocycles. The highest BCUT2D eigenvalue weighted by Gasteiger charge is 2.68. The molecule has 1 atom stereocenters. The fourth-order valence-electron chi connectivity index (χ4n) is 3.77. The normalized spacial score (nSPS) is 19.3. The van der Waals surface area contributed by atoms with E-state index in [0.29, 0.717) is 5.82 Å². The second kappa shape index (κ2) is 5.90. The third-order valence-corrected chi connectivity index (χ3v) is 6.06. The van der Waals surface area contributed by atoms with Gasteiger partial charge in [-0.2, -0.15) is 0 Å². The van der Waals surface area contributed by atoms with E-state index in [2.05, 4.69) is 48.0 Å². The molecule has 2 heterocycles. The Hall–Kier alpha value is -2.30. The van der Waals surface area contributed by atoms with Gasteiger partial charge < -0.3 is 5.32 Å². The lowest BCUT2D eigenvalue weighted by atomic mass is 10.0. The van der Waals surface area contributed by atoms with E-state index >= 15 is 0 Å². The Balaban J connectivity index is 1.75. The van der Waals surface area contributed by atoms with E-state index < -0.39 is 0 Å². The number of nitrogens with zero attached hydrogens (tertiary/aromatic N) is 3. The van der Waals surface area contributed by atoms with Crippen molar-refractivity contribution in [1.29, 1.82) is 0 Å². The topological polar surface area (TPSA) is 67.8 Å². The first-order valence-corrected chi connectivity index (χ1v) is 8.70. The van der Waals surface area contributed by atoms with Gasteiger partial charge in [0.25, 0.3) is 0 Å². The van der Waals surface area contributed by atoms with Gasteiger partial charge in [0.2, 0.25) is 5.91 Å². The van der Waals surface area contributed by atoms with Crippen LogP contribution >= 0.6 is 0 Å². The van der Waals surface area contributed by atoms with Crippen LogP contribution in [0.15, 0.2) is 30.7 Å². The largest absolute Gasteiger partial charge is 0.349 e. The van der Waals surface area contributed by atoms with Gasteiger partial charge in [0.05, 0.1) is 6.04 Å². The summed E-state index contributed by atoms with van der Waals surface area (Å²) in [6.07, 6.45) is 5.26. The molecule has 3 rings (SSSR count). The third-order valence-electron chi connectivity index (χ3n) is 6.06. The SMILES string of the molecule is Cc1nc(-c2ccncc2)ncc1C(C)NC(=O)C1C(C)(C)C1(C)C. The number of nitrogens with one attached hydrogen (secondary N) is 1. The van der Waals surface area contributed by atoms with Gasteiger partial charge in [0.15, 0.2) is 5.82 Å². The van der Waals surface area contributed by atoms with E-state index in [1.807, 2.05) is 32.2 Å². The van der Waals surface area contributed by atoms with Gasteiger partial charge in [-0.15, -0.1) is 0 Å². The van der Waals surface area contributed by atoms with E-state index in [0.717, 1.165) is 16.8 Å². The zero-order chi connectivity index (χ0) is 18.4. The molecule has 0 spiro atoms. The molecular weight excluding hydrogens is 312 g/mol. The molecule has 5 heteroatoms. The Bertz CT molecular complexity index is 785. The molecule has 1 unspecified atom stereocenters. The maximum Gasteiger partial charge on any atom is 0.224 e. The summed E-state index contributed by atoms with van der Waals surface area (Å²) < 4.78 is 0. The lowest BCUT2D eigenvalue weighted by Crippen LogP contribution is -2.30. The van der Waals surface area contributed by atoms with Crippen LogP contribution in [0.1, 0.15) is 51.9 Å².